The van der Waals surface area contributed by atoms with Crippen molar-refractivity contribution in [3.63, 3.8) is 0 Å². The lowest BCUT2D eigenvalue weighted by Crippen LogP contribution is -2.57. The van der Waals surface area contributed by atoms with Crippen LogP contribution in [0.25, 0.3) is 11.1 Å². The standard InChI is InChI=1S/C21H25FN2O4S/c1-28-21(25)24-12-4-7-19(23-29(2,26)27)20(24)14-15-5-3-6-17(13-15)16-8-10-18(22)11-9-16/h3,5-6,8-11,13,19-20,23H,4,7,12,14H2,1-2H3. The smallest absolute Gasteiger partial charge is 0.409 e. The fourth-order valence-electron chi connectivity index (χ4n) is 3.83. The van der Waals surface area contributed by atoms with Crippen LogP contribution in [0.1, 0.15) is 18.4 Å². The fourth-order valence-corrected chi connectivity index (χ4v) is 4.65. The van der Waals surface area contributed by atoms with Gasteiger partial charge < -0.3 is 9.64 Å². The van der Waals surface area contributed by atoms with E-state index >= 15 is 0 Å². The molecule has 1 aliphatic rings. The monoisotopic (exact) mass is 420 g/mol. The van der Waals surface area contributed by atoms with Crippen LogP contribution in [0.2, 0.25) is 0 Å². The molecule has 0 aliphatic carbocycles. The topological polar surface area (TPSA) is 75.7 Å². The fraction of sp³-hybridized carbons (Fsp3) is 0.381. The van der Waals surface area contributed by atoms with Crippen molar-refractivity contribution in [2.75, 3.05) is 19.9 Å². The summed E-state index contributed by atoms with van der Waals surface area (Å²) in [5.41, 5.74) is 2.76. The molecule has 1 heterocycles. The number of nitrogens with zero attached hydrogens (tertiary/aromatic N) is 1. The summed E-state index contributed by atoms with van der Waals surface area (Å²) in [6.07, 6.45) is 2.45. The molecule has 0 bridgehead atoms. The van der Waals surface area contributed by atoms with E-state index in [0.29, 0.717) is 25.8 Å². The molecule has 2 aromatic rings. The minimum Gasteiger partial charge on any atom is -0.453 e. The lowest BCUT2D eigenvalue weighted by atomic mass is 9.90. The molecule has 156 valence electrons. The van der Waals surface area contributed by atoms with Gasteiger partial charge >= 0.3 is 6.09 Å². The van der Waals surface area contributed by atoms with Crippen LogP contribution in [0, 0.1) is 5.82 Å². The summed E-state index contributed by atoms with van der Waals surface area (Å²) < 4.78 is 44.5. The van der Waals surface area contributed by atoms with Gasteiger partial charge in [-0.3, -0.25) is 0 Å². The molecule has 2 aromatic carbocycles. The van der Waals surface area contributed by atoms with E-state index in [9.17, 15) is 17.6 Å². The zero-order chi connectivity index (χ0) is 21.0. The summed E-state index contributed by atoms with van der Waals surface area (Å²) in [6.45, 7) is 0.511. The maximum atomic E-state index is 13.2. The van der Waals surface area contributed by atoms with Crippen LogP contribution in [0.15, 0.2) is 48.5 Å². The number of nitrogens with one attached hydrogen (secondary N) is 1. The third-order valence-corrected chi connectivity index (χ3v) is 5.83. The molecule has 6 nitrogen and oxygen atoms in total. The lowest BCUT2D eigenvalue weighted by Gasteiger charge is -2.40. The van der Waals surface area contributed by atoms with Gasteiger partial charge in [-0.1, -0.05) is 36.4 Å². The van der Waals surface area contributed by atoms with Crippen LogP contribution < -0.4 is 4.72 Å². The molecule has 3 rings (SSSR count). The molecule has 1 amide bonds. The van der Waals surface area contributed by atoms with Gasteiger partial charge in [0.05, 0.1) is 19.4 Å². The van der Waals surface area contributed by atoms with Crippen LogP contribution in [0.4, 0.5) is 9.18 Å². The van der Waals surface area contributed by atoms with E-state index in [0.717, 1.165) is 22.9 Å². The first-order chi connectivity index (χ1) is 13.8. The molecule has 1 saturated heterocycles. The number of hydrogen-bond donors (Lipinski definition) is 1. The van der Waals surface area contributed by atoms with E-state index in [4.69, 9.17) is 4.74 Å². The highest BCUT2D eigenvalue weighted by molar-refractivity contribution is 7.88. The van der Waals surface area contributed by atoms with Crippen molar-refractivity contribution in [3.05, 3.63) is 59.9 Å². The summed E-state index contributed by atoms with van der Waals surface area (Å²) in [5.74, 6) is -0.296. The summed E-state index contributed by atoms with van der Waals surface area (Å²) in [5, 5.41) is 0. The third-order valence-electron chi connectivity index (χ3n) is 5.10. The number of ether oxygens (including phenoxy) is 1. The van der Waals surface area contributed by atoms with Gasteiger partial charge in [-0.25, -0.2) is 22.3 Å². The minimum absolute atomic E-state index is 0.296. The van der Waals surface area contributed by atoms with Gasteiger partial charge in [0.15, 0.2) is 0 Å². The van der Waals surface area contributed by atoms with Gasteiger partial charge in [-0.2, -0.15) is 0 Å². The first-order valence-electron chi connectivity index (χ1n) is 9.43. The molecule has 1 fully saturated rings. The van der Waals surface area contributed by atoms with Crippen molar-refractivity contribution < 1.29 is 22.3 Å². The molecule has 2 unspecified atom stereocenters. The van der Waals surface area contributed by atoms with Crippen LogP contribution in [0.5, 0.6) is 0 Å². The maximum Gasteiger partial charge on any atom is 0.409 e. The van der Waals surface area contributed by atoms with Crippen molar-refractivity contribution in [1.29, 1.82) is 0 Å². The Morgan fingerprint density at radius 1 is 1.21 bits per heavy atom. The quantitative estimate of drug-likeness (QED) is 0.806. The number of amides is 1. The van der Waals surface area contributed by atoms with Gasteiger partial charge in [0, 0.05) is 12.6 Å². The summed E-state index contributed by atoms with van der Waals surface area (Å²) in [6, 6.07) is 13.2. The summed E-state index contributed by atoms with van der Waals surface area (Å²) in [7, 11) is -2.10. The molecule has 0 radical (unpaired) electrons. The van der Waals surface area contributed by atoms with Crippen molar-refractivity contribution in [3.8, 4) is 11.1 Å². The normalized spacial score (nSPS) is 19.8. The molecule has 1 N–H and O–H groups in total. The SMILES string of the molecule is COC(=O)N1CCCC(NS(C)(=O)=O)C1Cc1cccc(-c2ccc(F)cc2)c1. The number of carbonyl (C=O) groups excluding carboxylic acids is 1. The van der Waals surface area contributed by atoms with E-state index in [1.165, 1.54) is 19.2 Å². The van der Waals surface area contributed by atoms with E-state index in [1.54, 1.807) is 17.0 Å². The van der Waals surface area contributed by atoms with E-state index < -0.39 is 22.2 Å². The van der Waals surface area contributed by atoms with Gasteiger partial charge in [0.1, 0.15) is 5.82 Å². The number of sulfonamides is 1. The number of rotatable bonds is 5. The predicted molar refractivity (Wildman–Crippen MR) is 109 cm³/mol. The second-order valence-corrected chi connectivity index (χ2v) is 9.06. The summed E-state index contributed by atoms with van der Waals surface area (Å²) >= 11 is 0. The van der Waals surface area contributed by atoms with E-state index in [-0.39, 0.29) is 11.9 Å². The highest BCUT2D eigenvalue weighted by Crippen LogP contribution is 2.26. The number of piperidine rings is 1. The molecule has 1 aliphatic heterocycles. The van der Waals surface area contributed by atoms with Crippen molar-refractivity contribution in [1.82, 2.24) is 9.62 Å². The average Bonchev–Trinajstić information content (AvgIpc) is 2.68. The van der Waals surface area contributed by atoms with Gasteiger partial charge in [0.2, 0.25) is 10.0 Å². The number of carbonyl (C=O) groups is 1. The molecule has 0 saturated carbocycles. The molecule has 2 atom stereocenters. The van der Waals surface area contributed by atoms with Gasteiger partial charge in [-0.05, 0) is 48.1 Å². The Labute approximate surface area is 170 Å². The Bertz CT molecular complexity index is 963. The van der Waals surface area contributed by atoms with Crippen LogP contribution >= 0.6 is 0 Å². The first kappa shape index (κ1) is 21.3. The molecular weight excluding hydrogens is 395 g/mol. The Balaban J connectivity index is 1.89. The average molecular weight is 421 g/mol. The zero-order valence-electron chi connectivity index (χ0n) is 16.5. The lowest BCUT2D eigenvalue weighted by molar-refractivity contribution is 0.0792. The number of likely N-dealkylation sites (tertiary alicyclic amines) is 1. The molecule has 0 aromatic heterocycles. The van der Waals surface area contributed by atoms with Gasteiger partial charge in [-0.15, -0.1) is 0 Å². The predicted octanol–water partition coefficient (Wildman–Crippen LogP) is 3.18. The van der Waals surface area contributed by atoms with Gasteiger partial charge in [0.25, 0.3) is 0 Å². The number of methoxy groups -OCH3 is 1. The van der Waals surface area contributed by atoms with Crippen LogP contribution in [-0.4, -0.2) is 51.4 Å². The maximum absolute atomic E-state index is 13.2. The Morgan fingerprint density at radius 2 is 1.93 bits per heavy atom. The molecular formula is C21H25FN2O4S. The number of benzene rings is 2. The van der Waals surface area contributed by atoms with E-state index in [1.807, 2.05) is 24.3 Å². The number of halogens is 1. The molecule has 8 heteroatoms. The second kappa shape index (κ2) is 8.92. The zero-order valence-corrected chi connectivity index (χ0v) is 17.3. The second-order valence-electron chi connectivity index (χ2n) is 7.28. The Kier molecular flexibility index (Phi) is 6.54. The Morgan fingerprint density at radius 3 is 2.59 bits per heavy atom. The largest absolute Gasteiger partial charge is 0.453 e. The highest BCUT2D eigenvalue weighted by atomic mass is 32.2. The summed E-state index contributed by atoms with van der Waals surface area (Å²) in [4.78, 5) is 13.9. The molecule has 29 heavy (non-hydrogen) atoms. The van der Waals surface area contributed by atoms with Crippen LogP contribution in [-0.2, 0) is 21.2 Å². The third kappa shape index (κ3) is 5.55. The Hall–Kier alpha value is -2.45. The minimum atomic E-state index is -3.42. The van der Waals surface area contributed by atoms with Crippen molar-refractivity contribution in [2.45, 2.75) is 31.3 Å². The number of hydrogen-bond acceptors (Lipinski definition) is 4. The highest BCUT2D eigenvalue weighted by Gasteiger charge is 2.36. The van der Waals surface area contributed by atoms with Crippen molar-refractivity contribution in [2.24, 2.45) is 0 Å². The molecule has 0 spiro atoms. The first-order valence-corrected chi connectivity index (χ1v) is 11.3. The van der Waals surface area contributed by atoms with E-state index in [2.05, 4.69) is 4.72 Å². The van der Waals surface area contributed by atoms with Crippen molar-refractivity contribution >= 4 is 16.1 Å². The van der Waals surface area contributed by atoms with Crippen LogP contribution in [0.3, 0.4) is 0 Å².